The smallest absolute Gasteiger partial charge is 0.269 e. The Morgan fingerprint density at radius 1 is 0.980 bits per heavy atom. The molecule has 1 unspecified atom stereocenters. The summed E-state index contributed by atoms with van der Waals surface area (Å²) in [6.45, 7) is 13.1. The third kappa shape index (κ3) is 13.2. The van der Waals surface area contributed by atoms with Gasteiger partial charge in [-0.15, -0.1) is 0 Å². The molecule has 1 fully saturated rings. The van der Waals surface area contributed by atoms with Gasteiger partial charge in [-0.05, 0) is 83.9 Å². The SMILES string of the molecule is CC[C@H](Cc1ccc([N+](=O)[O-])cc1)C(=O)N[C@@H](CC(C)C)C(=O)C[C@@H](CCCCN(C)C(C)C)C(=O)N1CCCC1C(=O)C[C@H](C)C(=O)NC. The highest BCUT2D eigenvalue weighted by molar-refractivity contribution is 5.96. The third-order valence-electron chi connectivity index (χ3n) is 10.0. The van der Waals surface area contributed by atoms with Gasteiger partial charge in [0.05, 0.1) is 17.0 Å². The average Bonchev–Trinajstić information content (AvgIpc) is 3.57. The standard InChI is InChI=1S/C38H61N5O7/c1-9-29(23-28-15-17-31(18-16-28)43(49)50)37(47)40-32(21-25(2)3)34(44)24-30(13-10-11-19-41(8)26(4)5)38(48)42-20-12-14-33(42)35(45)22-27(6)36(46)39-7/h15-18,25-27,29-30,32-33H,9-14,19-24H2,1-8H3,(H,39,46)(H,40,47)/t27-,29+,30+,32-,33?/m0/s1. The first-order valence-corrected chi connectivity index (χ1v) is 18.4. The Morgan fingerprint density at radius 3 is 2.20 bits per heavy atom. The summed E-state index contributed by atoms with van der Waals surface area (Å²) in [4.78, 5) is 81.7. The van der Waals surface area contributed by atoms with Crippen molar-refractivity contribution in [2.75, 3.05) is 27.2 Å². The van der Waals surface area contributed by atoms with E-state index >= 15 is 0 Å². The Bertz CT molecular complexity index is 1300. The van der Waals surface area contributed by atoms with Crippen molar-refractivity contribution in [3.8, 4) is 0 Å². The molecule has 1 aromatic carbocycles. The Balaban J connectivity index is 2.25. The predicted octanol–water partition coefficient (Wildman–Crippen LogP) is 5.11. The third-order valence-corrected chi connectivity index (χ3v) is 10.0. The molecule has 0 saturated carbocycles. The van der Waals surface area contributed by atoms with Crippen LogP contribution in [0, 0.1) is 33.8 Å². The highest BCUT2D eigenvalue weighted by Crippen LogP contribution is 2.27. The minimum Gasteiger partial charge on any atom is -0.359 e. The molecule has 0 radical (unpaired) electrons. The van der Waals surface area contributed by atoms with Gasteiger partial charge in [-0.25, -0.2) is 0 Å². The first-order chi connectivity index (χ1) is 23.6. The van der Waals surface area contributed by atoms with Crippen molar-refractivity contribution in [2.45, 2.75) is 124 Å². The summed E-state index contributed by atoms with van der Waals surface area (Å²) in [6, 6.07) is 5.13. The molecule has 1 heterocycles. The van der Waals surface area contributed by atoms with E-state index in [-0.39, 0.29) is 53.7 Å². The summed E-state index contributed by atoms with van der Waals surface area (Å²) in [6.07, 6.45) is 4.59. The van der Waals surface area contributed by atoms with Crippen LogP contribution in [-0.2, 0) is 30.4 Å². The highest BCUT2D eigenvalue weighted by Gasteiger charge is 2.39. The number of Topliss-reactive ketones (excluding diaryl/α,β-unsaturated/α-hetero) is 2. The van der Waals surface area contributed by atoms with E-state index in [0.29, 0.717) is 51.1 Å². The van der Waals surface area contributed by atoms with Gasteiger partial charge in [0.2, 0.25) is 17.7 Å². The number of carbonyl (C=O) groups is 5. The van der Waals surface area contributed by atoms with Crippen molar-refractivity contribution < 1.29 is 28.9 Å². The number of nitro groups is 1. The van der Waals surface area contributed by atoms with Crippen LogP contribution in [0.25, 0.3) is 0 Å². The van der Waals surface area contributed by atoms with Gasteiger partial charge < -0.3 is 20.4 Å². The molecule has 50 heavy (non-hydrogen) atoms. The van der Waals surface area contributed by atoms with E-state index in [4.69, 9.17) is 0 Å². The predicted molar refractivity (Wildman–Crippen MR) is 194 cm³/mol. The lowest BCUT2D eigenvalue weighted by Crippen LogP contribution is -2.48. The summed E-state index contributed by atoms with van der Waals surface area (Å²) in [5.74, 6) is -2.52. The van der Waals surface area contributed by atoms with E-state index < -0.39 is 34.8 Å². The Labute approximate surface area is 298 Å². The molecule has 0 aliphatic carbocycles. The average molecular weight is 700 g/mol. The molecule has 0 bridgehead atoms. The van der Waals surface area contributed by atoms with Crippen LogP contribution in [0.15, 0.2) is 24.3 Å². The van der Waals surface area contributed by atoms with Crippen LogP contribution in [0.1, 0.15) is 105 Å². The van der Waals surface area contributed by atoms with Gasteiger partial charge in [0.1, 0.15) is 0 Å². The minimum atomic E-state index is -0.778. The lowest BCUT2D eigenvalue weighted by Gasteiger charge is -2.30. The van der Waals surface area contributed by atoms with Gasteiger partial charge in [0, 0.05) is 62.4 Å². The van der Waals surface area contributed by atoms with E-state index in [2.05, 4.69) is 36.4 Å². The minimum absolute atomic E-state index is 0.0204. The number of non-ortho nitro benzene ring substituents is 1. The fourth-order valence-corrected chi connectivity index (χ4v) is 6.58. The fourth-order valence-electron chi connectivity index (χ4n) is 6.58. The summed E-state index contributed by atoms with van der Waals surface area (Å²) >= 11 is 0. The number of likely N-dealkylation sites (tertiary alicyclic amines) is 1. The largest absolute Gasteiger partial charge is 0.359 e. The number of carbonyl (C=O) groups excluding carboxylic acids is 5. The number of ketones is 2. The number of unbranched alkanes of at least 4 members (excludes halogenated alkanes) is 1. The number of hydrogen-bond donors (Lipinski definition) is 2. The van der Waals surface area contributed by atoms with E-state index in [9.17, 15) is 34.1 Å². The van der Waals surface area contributed by atoms with Crippen LogP contribution in [0.3, 0.4) is 0 Å². The molecular weight excluding hydrogens is 638 g/mol. The van der Waals surface area contributed by atoms with Gasteiger partial charge in [-0.1, -0.05) is 46.2 Å². The van der Waals surface area contributed by atoms with Gasteiger partial charge in [-0.3, -0.25) is 34.1 Å². The van der Waals surface area contributed by atoms with Crippen LogP contribution in [0.2, 0.25) is 0 Å². The maximum absolute atomic E-state index is 14.2. The molecule has 5 atom stereocenters. The molecule has 2 N–H and O–H groups in total. The van der Waals surface area contributed by atoms with E-state index in [0.717, 1.165) is 24.9 Å². The van der Waals surface area contributed by atoms with Crippen LogP contribution < -0.4 is 10.6 Å². The number of benzene rings is 1. The lowest BCUT2D eigenvalue weighted by molar-refractivity contribution is -0.384. The molecule has 2 rings (SSSR count). The number of amides is 3. The van der Waals surface area contributed by atoms with E-state index in [1.54, 1.807) is 24.0 Å². The van der Waals surface area contributed by atoms with E-state index in [1.807, 2.05) is 20.8 Å². The van der Waals surface area contributed by atoms with Crippen LogP contribution >= 0.6 is 0 Å². The van der Waals surface area contributed by atoms with Gasteiger partial charge in [0.15, 0.2) is 11.6 Å². The Kier molecular flexibility index (Phi) is 17.7. The number of hydrogen-bond acceptors (Lipinski definition) is 8. The fraction of sp³-hybridized carbons (Fsp3) is 0.711. The van der Waals surface area contributed by atoms with Crippen molar-refractivity contribution in [1.82, 2.24) is 20.4 Å². The number of rotatable bonds is 22. The second-order valence-electron chi connectivity index (χ2n) is 14.7. The Morgan fingerprint density at radius 2 is 1.64 bits per heavy atom. The van der Waals surface area contributed by atoms with Crippen molar-refractivity contribution in [3.63, 3.8) is 0 Å². The number of nitrogens with one attached hydrogen (secondary N) is 2. The first-order valence-electron chi connectivity index (χ1n) is 18.4. The molecule has 3 amide bonds. The second-order valence-corrected chi connectivity index (χ2v) is 14.7. The van der Waals surface area contributed by atoms with Gasteiger partial charge in [0.25, 0.3) is 5.69 Å². The zero-order valence-electron chi connectivity index (χ0n) is 31.5. The molecule has 0 spiro atoms. The van der Waals surface area contributed by atoms with Crippen molar-refractivity contribution in [1.29, 1.82) is 0 Å². The molecule has 1 aliphatic heterocycles. The Hall–Kier alpha value is -3.67. The van der Waals surface area contributed by atoms with E-state index in [1.165, 1.54) is 19.2 Å². The maximum atomic E-state index is 14.2. The lowest BCUT2D eigenvalue weighted by atomic mass is 9.88. The summed E-state index contributed by atoms with van der Waals surface area (Å²) in [7, 11) is 3.59. The molecule has 1 aliphatic rings. The van der Waals surface area contributed by atoms with Crippen molar-refractivity contribution in [2.24, 2.45) is 23.7 Å². The number of nitrogens with zero attached hydrogens (tertiary/aromatic N) is 3. The zero-order chi connectivity index (χ0) is 37.5. The quantitative estimate of drug-likeness (QED) is 0.0960. The van der Waals surface area contributed by atoms with Gasteiger partial charge >= 0.3 is 0 Å². The van der Waals surface area contributed by atoms with Crippen molar-refractivity contribution >= 4 is 35.0 Å². The molecule has 0 aromatic heterocycles. The molecule has 12 nitrogen and oxygen atoms in total. The van der Waals surface area contributed by atoms with Crippen LogP contribution in [0.5, 0.6) is 0 Å². The van der Waals surface area contributed by atoms with Gasteiger partial charge in [-0.2, -0.15) is 0 Å². The monoisotopic (exact) mass is 699 g/mol. The zero-order valence-corrected chi connectivity index (χ0v) is 31.5. The molecular formula is C38H61N5O7. The molecule has 12 heteroatoms. The van der Waals surface area contributed by atoms with Crippen molar-refractivity contribution in [3.05, 3.63) is 39.9 Å². The number of nitro benzene ring substituents is 1. The molecule has 1 aromatic rings. The molecule has 1 saturated heterocycles. The first kappa shape index (κ1) is 42.5. The van der Waals surface area contributed by atoms with Crippen LogP contribution in [-0.4, -0.2) is 89.3 Å². The normalized spacial score (nSPS) is 17.0. The second kappa shape index (κ2) is 20.9. The summed E-state index contributed by atoms with van der Waals surface area (Å²) < 4.78 is 0. The van der Waals surface area contributed by atoms with Crippen LogP contribution in [0.4, 0.5) is 5.69 Å². The summed E-state index contributed by atoms with van der Waals surface area (Å²) in [5, 5.41) is 16.6. The topological polar surface area (TPSA) is 159 Å². The maximum Gasteiger partial charge on any atom is 0.269 e. The highest BCUT2D eigenvalue weighted by atomic mass is 16.6. The molecule has 280 valence electrons. The summed E-state index contributed by atoms with van der Waals surface area (Å²) in [5.41, 5.74) is 0.769.